The van der Waals surface area contributed by atoms with E-state index in [0.717, 1.165) is 22.3 Å². The second-order valence-electron chi connectivity index (χ2n) is 8.03. The first kappa shape index (κ1) is 24.2. The fourth-order valence-electron chi connectivity index (χ4n) is 3.42. The number of hydrogen-bond donors (Lipinski definition) is 4. The van der Waals surface area contributed by atoms with Crippen molar-refractivity contribution in [3.8, 4) is 0 Å². The quantitative estimate of drug-likeness (QED) is 0.450. The minimum absolute atomic E-state index is 0.247. The lowest BCUT2D eigenvalue weighted by Gasteiger charge is -2.11. The third-order valence-electron chi connectivity index (χ3n) is 5.24. The average Bonchev–Trinajstić information content (AvgIpc) is 2.80. The monoisotopic (exact) mass is 458 g/mol. The van der Waals surface area contributed by atoms with Gasteiger partial charge in [0.05, 0.1) is 0 Å². The zero-order valence-electron chi connectivity index (χ0n) is 19.4. The molecule has 0 radical (unpaired) electrons. The molecule has 174 valence electrons. The summed E-state index contributed by atoms with van der Waals surface area (Å²) in [7, 11) is 0. The maximum atomic E-state index is 12.3. The summed E-state index contributed by atoms with van der Waals surface area (Å²) in [6, 6.07) is 16.6. The van der Waals surface area contributed by atoms with Gasteiger partial charge < -0.3 is 0 Å². The molecule has 0 aromatic heterocycles. The summed E-state index contributed by atoms with van der Waals surface area (Å²) < 4.78 is 0. The van der Waals surface area contributed by atoms with Crippen LogP contribution in [0.25, 0.3) is 0 Å². The Morgan fingerprint density at radius 3 is 1.12 bits per heavy atom. The standard InChI is InChI=1S/C26H26N4O4/c1-15-5-11-21(17(3)13-15)25(33)29-27-23(31)19-7-9-20(10-8-19)24(32)28-30-26(34)22-12-6-16(2)14-18(22)4/h5-14H,1-4H3,(H,27,31)(H,28,32)(H,29,33)(H,30,34). The molecule has 0 saturated carbocycles. The van der Waals surface area contributed by atoms with E-state index in [9.17, 15) is 19.2 Å². The molecule has 4 N–H and O–H groups in total. The minimum atomic E-state index is -0.534. The molecule has 0 aliphatic heterocycles. The van der Waals surface area contributed by atoms with Crippen LogP contribution in [0.15, 0.2) is 60.7 Å². The van der Waals surface area contributed by atoms with Gasteiger partial charge in [0.2, 0.25) is 0 Å². The van der Waals surface area contributed by atoms with E-state index in [0.29, 0.717) is 11.1 Å². The number of nitrogens with one attached hydrogen (secondary N) is 4. The molecule has 0 aliphatic carbocycles. The van der Waals surface area contributed by atoms with Gasteiger partial charge in [0, 0.05) is 22.3 Å². The lowest BCUT2D eigenvalue weighted by Crippen LogP contribution is -2.42. The fourth-order valence-corrected chi connectivity index (χ4v) is 3.42. The van der Waals surface area contributed by atoms with Crippen molar-refractivity contribution in [1.29, 1.82) is 0 Å². The summed E-state index contributed by atoms with van der Waals surface area (Å²) in [6.07, 6.45) is 0. The normalized spacial score (nSPS) is 10.2. The van der Waals surface area contributed by atoms with Gasteiger partial charge in [-0.3, -0.25) is 40.9 Å². The molecular weight excluding hydrogens is 432 g/mol. The van der Waals surface area contributed by atoms with Gasteiger partial charge in [0.25, 0.3) is 23.6 Å². The number of rotatable bonds is 4. The maximum Gasteiger partial charge on any atom is 0.269 e. The van der Waals surface area contributed by atoms with E-state index in [1.807, 2.05) is 52.0 Å². The van der Waals surface area contributed by atoms with Crippen molar-refractivity contribution in [2.75, 3.05) is 0 Å². The Kier molecular flexibility index (Phi) is 7.43. The highest BCUT2D eigenvalue weighted by atomic mass is 16.2. The Labute approximate surface area is 197 Å². The van der Waals surface area contributed by atoms with Crippen LogP contribution in [-0.2, 0) is 0 Å². The van der Waals surface area contributed by atoms with Crippen LogP contribution < -0.4 is 21.7 Å². The summed E-state index contributed by atoms with van der Waals surface area (Å²) in [4.78, 5) is 49.3. The van der Waals surface area contributed by atoms with Crippen molar-refractivity contribution in [1.82, 2.24) is 21.7 Å². The van der Waals surface area contributed by atoms with E-state index in [2.05, 4.69) is 21.7 Å². The average molecular weight is 459 g/mol. The van der Waals surface area contributed by atoms with Gasteiger partial charge in [-0.15, -0.1) is 0 Å². The first-order valence-corrected chi connectivity index (χ1v) is 10.6. The van der Waals surface area contributed by atoms with Crippen LogP contribution in [0.3, 0.4) is 0 Å². The van der Waals surface area contributed by atoms with Crippen molar-refractivity contribution in [2.45, 2.75) is 27.7 Å². The van der Waals surface area contributed by atoms with Crippen molar-refractivity contribution < 1.29 is 19.2 Å². The molecule has 3 rings (SSSR count). The van der Waals surface area contributed by atoms with E-state index in [-0.39, 0.29) is 11.1 Å². The SMILES string of the molecule is Cc1ccc(C(=O)NNC(=O)c2ccc(C(=O)NNC(=O)c3ccc(C)cc3C)cc2)c(C)c1. The molecule has 0 spiro atoms. The summed E-state index contributed by atoms with van der Waals surface area (Å²) in [5.74, 6) is -1.93. The number of carbonyl (C=O) groups is 4. The molecule has 34 heavy (non-hydrogen) atoms. The number of benzene rings is 3. The van der Waals surface area contributed by atoms with Gasteiger partial charge in [0.15, 0.2) is 0 Å². The molecule has 0 fully saturated rings. The first-order valence-electron chi connectivity index (χ1n) is 10.6. The second kappa shape index (κ2) is 10.4. The lowest BCUT2D eigenvalue weighted by atomic mass is 10.1. The molecule has 0 bridgehead atoms. The molecule has 3 aromatic carbocycles. The van der Waals surface area contributed by atoms with E-state index >= 15 is 0 Å². The van der Waals surface area contributed by atoms with Crippen LogP contribution in [0, 0.1) is 27.7 Å². The van der Waals surface area contributed by atoms with Gasteiger partial charge in [-0.05, 0) is 75.2 Å². The van der Waals surface area contributed by atoms with Gasteiger partial charge in [-0.25, -0.2) is 0 Å². The Hall–Kier alpha value is -4.46. The first-order chi connectivity index (χ1) is 16.2. The number of hydrazine groups is 2. The smallest absolute Gasteiger partial charge is 0.267 e. The Morgan fingerprint density at radius 1 is 0.471 bits per heavy atom. The Balaban J connectivity index is 1.54. The zero-order chi connectivity index (χ0) is 24.8. The van der Waals surface area contributed by atoms with E-state index in [1.165, 1.54) is 24.3 Å². The molecule has 3 aromatic rings. The summed E-state index contributed by atoms with van der Waals surface area (Å²) in [6.45, 7) is 7.49. The van der Waals surface area contributed by atoms with Crippen LogP contribution in [0.5, 0.6) is 0 Å². The summed E-state index contributed by atoms with van der Waals surface area (Å²) >= 11 is 0. The zero-order valence-corrected chi connectivity index (χ0v) is 19.4. The highest BCUT2D eigenvalue weighted by Gasteiger charge is 2.14. The van der Waals surface area contributed by atoms with E-state index in [4.69, 9.17) is 0 Å². The number of aryl methyl sites for hydroxylation is 4. The molecule has 4 amide bonds. The molecule has 8 nitrogen and oxygen atoms in total. The number of carbonyl (C=O) groups excluding carboxylic acids is 4. The summed E-state index contributed by atoms with van der Waals surface area (Å²) in [5, 5.41) is 0. The van der Waals surface area contributed by atoms with Gasteiger partial charge >= 0.3 is 0 Å². The van der Waals surface area contributed by atoms with Gasteiger partial charge in [-0.1, -0.05) is 35.4 Å². The predicted molar refractivity (Wildman–Crippen MR) is 128 cm³/mol. The topological polar surface area (TPSA) is 116 Å². The minimum Gasteiger partial charge on any atom is -0.267 e. The molecule has 0 unspecified atom stereocenters. The molecule has 8 heteroatoms. The molecule has 0 saturated heterocycles. The Morgan fingerprint density at radius 2 is 0.794 bits per heavy atom. The third-order valence-corrected chi connectivity index (χ3v) is 5.24. The van der Waals surface area contributed by atoms with Crippen LogP contribution in [0.1, 0.15) is 63.7 Å². The summed E-state index contributed by atoms with van der Waals surface area (Å²) in [5.41, 5.74) is 14.6. The fraction of sp³-hybridized carbons (Fsp3) is 0.154. The van der Waals surface area contributed by atoms with Crippen molar-refractivity contribution in [3.05, 3.63) is 105 Å². The van der Waals surface area contributed by atoms with Gasteiger partial charge in [-0.2, -0.15) is 0 Å². The third kappa shape index (κ3) is 5.86. The number of hydrogen-bond acceptors (Lipinski definition) is 4. The van der Waals surface area contributed by atoms with Crippen LogP contribution in [-0.4, -0.2) is 23.6 Å². The molecular formula is C26H26N4O4. The molecule has 0 aliphatic rings. The molecule has 0 heterocycles. The Bertz CT molecular complexity index is 1170. The van der Waals surface area contributed by atoms with Crippen LogP contribution >= 0.6 is 0 Å². The van der Waals surface area contributed by atoms with Crippen molar-refractivity contribution in [2.24, 2.45) is 0 Å². The van der Waals surface area contributed by atoms with Gasteiger partial charge in [0.1, 0.15) is 0 Å². The van der Waals surface area contributed by atoms with E-state index in [1.54, 1.807) is 12.1 Å². The molecule has 0 atom stereocenters. The maximum absolute atomic E-state index is 12.3. The second-order valence-corrected chi connectivity index (χ2v) is 8.03. The predicted octanol–water partition coefficient (Wildman–Crippen LogP) is 3.07. The van der Waals surface area contributed by atoms with E-state index < -0.39 is 23.6 Å². The lowest BCUT2D eigenvalue weighted by molar-refractivity contribution is 0.0844. The highest BCUT2D eigenvalue weighted by molar-refractivity contribution is 6.02. The highest BCUT2D eigenvalue weighted by Crippen LogP contribution is 2.11. The van der Waals surface area contributed by atoms with Crippen molar-refractivity contribution in [3.63, 3.8) is 0 Å². The van der Waals surface area contributed by atoms with Crippen LogP contribution in [0.4, 0.5) is 0 Å². The number of amides is 4. The van der Waals surface area contributed by atoms with Crippen LogP contribution in [0.2, 0.25) is 0 Å². The van der Waals surface area contributed by atoms with Crippen molar-refractivity contribution >= 4 is 23.6 Å². The largest absolute Gasteiger partial charge is 0.269 e.